The highest BCUT2D eigenvalue weighted by Gasteiger charge is 2.16. The molecule has 422 valence electrons. The van der Waals surface area contributed by atoms with E-state index in [0.29, 0.717) is 12.8 Å². The fourth-order valence-electron chi connectivity index (χ4n) is 9.74. The topological polar surface area (TPSA) is 72.8 Å². The molecular formula is C67H124O5. The standard InChI is InChI=1S/C67H124O5/c1-3-5-7-9-11-13-15-17-19-21-23-25-27-29-30-31-32-33-34-35-36-38-39-41-43-45-47-49-51-53-55-57-59-61-66(69)71-64-65(63-68)72-67(70)62-60-58-56-54-52-50-48-46-44-42-40-37-28-26-24-22-20-18-16-14-12-10-8-6-4-2/h16,18,21-24,28,37,65,68H,3-15,17,19-20,25-27,29-36,38-64H2,1-2H3/b18-16-,23-21-,24-22-,37-28-. The van der Waals surface area contributed by atoms with Crippen molar-refractivity contribution >= 4 is 11.9 Å². The van der Waals surface area contributed by atoms with Gasteiger partial charge in [0.1, 0.15) is 6.61 Å². The second-order valence-electron chi connectivity index (χ2n) is 21.8. The Morgan fingerprint density at radius 2 is 0.556 bits per heavy atom. The van der Waals surface area contributed by atoms with E-state index in [4.69, 9.17) is 9.47 Å². The van der Waals surface area contributed by atoms with E-state index in [1.807, 2.05) is 0 Å². The molecule has 1 N–H and O–H groups in total. The summed E-state index contributed by atoms with van der Waals surface area (Å²) in [5, 5.41) is 9.68. The van der Waals surface area contributed by atoms with Crippen LogP contribution in [0.2, 0.25) is 0 Å². The molecular weight excluding hydrogens is 885 g/mol. The molecule has 5 nitrogen and oxygen atoms in total. The fourth-order valence-corrected chi connectivity index (χ4v) is 9.74. The minimum absolute atomic E-state index is 0.0642. The lowest BCUT2D eigenvalue weighted by Crippen LogP contribution is -2.28. The van der Waals surface area contributed by atoms with Crippen LogP contribution in [-0.2, 0) is 19.1 Å². The third kappa shape index (κ3) is 60.4. The average molecular weight is 1010 g/mol. The minimum Gasteiger partial charge on any atom is -0.462 e. The summed E-state index contributed by atoms with van der Waals surface area (Å²) in [7, 11) is 0. The van der Waals surface area contributed by atoms with Crippen molar-refractivity contribution in [1.82, 2.24) is 0 Å². The Morgan fingerprint density at radius 1 is 0.319 bits per heavy atom. The van der Waals surface area contributed by atoms with Crippen molar-refractivity contribution < 1.29 is 24.2 Å². The molecule has 0 radical (unpaired) electrons. The molecule has 0 heterocycles. The SMILES string of the molecule is CCCCCCC/C=C\C/C=C\C/C=C\CCCCCCCCCCCCC(=O)OC(CO)COC(=O)CCCCCCCCCCCCCCCCCCCCCCC/C=C\CCCCCCCCCC. The summed E-state index contributed by atoms with van der Waals surface area (Å²) in [6.45, 7) is 4.17. The van der Waals surface area contributed by atoms with Crippen molar-refractivity contribution in [3.63, 3.8) is 0 Å². The lowest BCUT2D eigenvalue weighted by Gasteiger charge is -2.15. The zero-order valence-corrected chi connectivity index (χ0v) is 48.5. The van der Waals surface area contributed by atoms with E-state index in [0.717, 1.165) is 51.4 Å². The van der Waals surface area contributed by atoms with Gasteiger partial charge in [0.2, 0.25) is 0 Å². The number of carbonyl (C=O) groups is 2. The van der Waals surface area contributed by atoms with Crippen LogP contribution in [0.5, 0.6) is 0 Å². The number of unbranched alkanes of at least 4 members (excludes halogenated alkanes) is 44. The fraction of sp³-hybridized carbons (Fsp3) is 0.851. The molecule has 0 aliphatic rings. The van der Waals surface area contributed by atoms with Crippen molar-refractivity contribution in [2.75, 3.05) is 13.2 Å². The van der Waals surface area contributed by atoms with Gasteiger partial charge in [0.25, 0.3) is 0 Å². The third-order valence-corrected chi connectivity index (χ3v) is 14.6. The van der Waals surface area contributed by atoms with Crippen molar-refractivity contribution in [1.29, 1.82) is 0 Å². The lowest BCUT2D eigenvalue weighted by atomic mass is 10.0. The Bertz CT molecular complexity index is 1190. The van der Waals surface area contributed by atoms with Crippen molar-refractivity contribution in [2.45, 2.75) is 354 Å². The second-order valence-corrected chi connectivity index (χ2v) is 21.8. The summed E-state index contributed by atoms with van der Waals surface area (Å²) in [6, 6.07) is 0. The molecule has 0 fully saturated rings. The van der Waals surface area contributed by atoms with Gasteiger partial charge in [0, 0.05) is 12.8 Å². The molecule has 1 unspecified atom stereocenters. The molecule has 5 heteroatoms. The molecule has 0 saturated heterocycles. The van der Waals surface area contributed by atoms with E-state index in [9.17, 15) is 14.7 Å². The average Bonchev–Trinajstić information content (AvgIpc) is 3.38. The van der Waals surface area contributed by atoms with E-state index in [1.165, 1.54) is 270 Å². The smallest absolute Gasteiger partial charge is 0.306 e. The van der Waals surface area contributed by atoms with Gasteiger partial charge in [-0.05, 0) is 77.0 Å². The molecule has 0 rings (SSSR count). The molecule has 72 heavy (non-hydrogen) atoms. The molecule has 0 spiro atoms. The number of allylic oxidation sites excluding steroid dienone is 8. The van der Waals surface area contributed by atoms with Crippen molar-refractivity contribution in [2.24, 2.45) is 0 Å². The largest absolute Gasteiger partial charge is 0.462 e. The number of ether oxygens (including phenoxy) is 2. The highest BCUT2D eigenvalue weighted by atomic mass is 16.6. The summed E-state index contributed by atoms with van der Waals surface area (Å²) in [5.74, 6) is -0.578. The lowest BCUT2D eigenvalue weighted by molar-refractivity contribution is -0.161. The van der Waals surface area contributed by atoms with Gasteiger partial charge in [-0.3, -0.25) is 9.59 Å². The van der Waals surface area contributed by atoms with E-state index in [-0.39, 0.29) is 25.2 Å². The number of carbonyl (C=O) groups excluding carboxylic acids is 2. The second kappa shape index (κ2) is 63.2. The predicted molar refractivity (Wildman–Crippen MR) is 316 cm³/mol. The van der Waals surface area contributed by atoms with Crippen LogP contribution in [0.4, 0.5) is 0 Å². The van der Waals surface area contributed by atoms with E-state index in [2.05, 4.69) is 62.5 Å². The Labute approximate surface area is 449 Å². The molecule has 0 amide bonds. The predicted octanol–water partition coefficient (Wildman–Crippen LogP) is 22.0. The van der Waals surface area contributed by atoms with E-state index >= 15 is 0 Å². The van der Waals surface area contributed by atoms with Crippen LogP contribution in [0.25, 0.3) is 0 Å². The summed E-state index contributed by atoms with van der Waals surface area (Å²) < 4.78 is 10.7. The Balaban J connectivity index is 3.42. The van der Waals surface area contributed by atoms with Gasteiger partial charge in [-0.25, -0.2) is 0 Å². The van der Waals surface area contributed by atoms with Gasteiger partial charge in [-0.2, -0.15) is 0 Å². The van der Waals surface area contributed by atoms with Crippen LogP contribution in [0.3, 0.4) is 0 Å². The summed E-state index contributed by atoms with van der Waals surface area (Å²) in [6.07, 6.45) is 84.1. The Morgan fingerprint density at radius 3 is 0.847 bits per heavy atom. The molecule has 1 atom stereocenters. The van der Waals surface area contributed by atoms with Crippen LogP contribution < -0.4 is 0 Å². The maximum Gasteiger partial charge on any atom is 0.306 e. The van der Waals surface area contributed by atoms with Gasteiger partial charge in [-0.1, -0.05) is 306 Å². The number of hydrogen-bond acceptors (Lipinski definition) is 5. The monoisotopic (exact) mass is 1010 g/mol. The summed E-state index contributed by atoms with van der Waals surface area (Å²) in [4.78, 5) is 24.6. The van der Waals surface area contributed by atoms with Crippen LogP contribution in [-0.4, -0.2) is 36.4 Å². The molecule has 0 bridgehead atoms. The first kappa shape index (κ1) is 69.9. The van der Waals surface area contributed by atoms with Crippen LogP contribution >= 0.6 is 0 Å². The normalized spacial score (nSPS) is 12.4. The number of rotatable bonds is 60. The van der Waals surface area contributed by atoms with Crippen molar-refractivity contribution in [3.8, 4) is 0 Å². The Kier molecular flexibility index (Phi) is 61.3. The van der Waals surface area contributed by atoms with Gasteiger partial charge >= 0.3 is 11.9 Å². The first-order valence-corrected chi connectivity index (χ1v) is 32.2. The van der Waals surface area contributed by atoms with E-state index in [1.54, 1.807) is 0 Å². The maximum atomic E-state index is 12.3. The number of hydrogen-bond donors (Lipinski definition) is 1. The first-order valence-electron chi connectivity index (χ1n) is 32.2. The quantitative estimate of drug-likeness (QED) is 0.0373. The summed E-state index contributed by atoms with van der Waals surface area (Å²) >= 11 is 0. The zero-order chi connectivity index (χ0) is 52.0. The highest BCUT2D eigenvalue weighted by molar-refractivity contribution is 5.70. The number of aliphatic hydroxyl groups excluding tert-OH is 1. The first-order chi connectivity index (χ1) is 35.6. The van der Waals surface area contributed by atoms with Crippen LogP contribution in [0.15, 0.2) is 48.6 Å². The highest BCUT2D eigenvalue weighted by Crippen LogP contribution is 2.18. The Hall–Kier alpha value is -2.14. The molecule has 0 aromatic rings. The molecule has 0 aromatic heterocycles. The zero-order valence-electron chi connectivity index (χ0n) is 48.5. The maximum absolute atomic E-state index is 12.3. The number of aliphatic hydroxyl groups is 1. The summed E-state index contributed by atoms with van der Waals surface area (Å²) in [5.41, 5.74) is 0. The van der Waals surface area contributed by atoms with Gasteiger partial charge in [0.05, 0.1) is 6.61 Å². The van der Waals surface area contributed by atoms with E-state index < -0.39 is 6.10 Å². The molecule has 0 aromatic carbocycles. The van der Waals surface area contributed by atoms with Crippen LogP contribution in [0.1, 0.15) is 348 Å². The third-order valence-electron chi connectivity index (χ3n) is 14.6. The molecule has 0 aliphatic carbocycles. The molecule has 0 aliphatic heterocycles. The van der Waals surface area contributed by atoms with Gasteiger partial charge < -0.3 is 14.6 Å². The minimum atomic E-state index is -0.775. The molecule has 0 saturated carbocycles. The van der Waals surface area contributed by atoms with Gasteiger partial charge in [0.15, 0.2) is 6.10 Å². The van der Waals surface area contributed by atoms with Gasteiger partial charge in [-0.15, -0.1) is 0 Å². The van der Waals surface area contributed by atoms with Crippen molar-refractivity contribution in [3.05, 3.63) is 48.6 Å². The van der Waals surface area contributed by atoms with Crippen LogP contribution in [0, 0.1) is 0 Å². The number of esters is 2.